The molecule has 0 atom stereocenters. The lowest BCUT2D eigenvalue weighted by Crippen LogP contribution is -2.35. The predicted octanol–water partition coefficient (Wildman–Crippen LogP) is 0.208. The Bertz CT molecular complexity index is 168. The summed E-state index contributed by atoms with van der Waals surface area (Å²) in [4.78, 5) is 4.21. The topological polar surface area (TPSA) is 45.6 Å². The average molecular weight is 185 g/mol. The molecule has 0 fully saturated rings. The summed E-state index contributed by atoms with van der Waals surface area (Å²) in [5.41, 5.74) is 0. The molecular formula is C9H19N3O. The number of hydrogen-bond acceptors (Lipinski definition) is 4. The average Bonchev–Trinajstić information content (AvgIpc) is 2.55. The SMILES string of the molecule is CC(C)COCCNC1=NCCN1. The summed E-state index contributed by atoms with van der Waals surface area (Å²) in [6, 6.07) is 0. The molecule has 0 amide bonds. The molecule has 0 aromatic rings. The highest BCUT2D eigenvalue weighted by Crippen LogP contribution is 1.91. The maximum Gasteiger partial charge on any atom is 0.191 e. The Hall–Kier alpha value is -0.770. The van der Waals surface area contributed by atoms with Crippen LogP contribution < -0.4 is 10.6 Å². The fraction of sp³-hybridized carbons (Fsp3) is 0.889. The molecule has 2 N–H and O–H groups in total. The van der Waals surface area contributed by atoms with Crippen LogP contribution in [0, 0.1) is 5.92 Å². The summed E-state index contributed by atoms with van der Waals surface area (Å²) < 4.78 is 5.41. The molecule has 0 spiro atoms. The number of rotatable bonds is 5. The Labute approximate surface area is 79.8 Å². The van der Waals surface area contributed by atoms with Gasteiger partial charge < -0.3 is 15.4 Å². The van der Waals surface area contributed by atoms with Crippen LogP contribution in [0.1, 0.15) is 13.8 Å². The van der Waals surface area contributed by atoms with E-state index in [-0.39, 0.29) is 0 Å². The number of nitrogens with one attached hydrogen (secondary N) is 2. The second kappa shape index (κ2) is 5.80. The molecule has 76 valence electrons. The van der Waals surface area contributed by atoms with Crippen molar-refractivity contribution in [3.05, 3.63) is 0 Å². The number of aliphatic imine (C=N–C) groups is 1. The van der Waals surface area contributed by atoms with Gasteiger partial charge in [0.25, 0.3) is 0 Å². The predicted molar refractivity (Wildman–Crippen MR) is 54.0 cm³/mol. The van der Waals surface area contributed by atoms with E-state index < -0.39 is 0 Å². The van der Waals surface area contributed by atoms with Gasteiger partial charge in [-0.05, 0) is 5.92 Å². The van der Waals surface area contributed by atoms with Crippen molar-refractivity contribution in [3.8, 4) is 0 Å². The third-order valence-electron chi connectivity index (χ3n) is 1.66. The van der Waals surface area contributed by atoms with Crippen LogP contribution in [-0.4, -0.2) is 38.8 Å². The van der Waals surface area contributed by atoms with Gasteiger partial charge in [0.15, 0.2) is 5.96 Å². The second-order valence-corrected chi connectivity index (χ2v) is 3.55. The van der Waals surface area contributed by atoms with E-state index in [2.05, 4.69) is 29.5 Å². The lowest BCUT2D eigenvalue weighted by Gasteiger charge is -2.08. The number of ether oxygens (including phenoxy) is 1. The monoisotopic (exact) mass is 185 g/mol. The highest BCUT2D eigenvalue weighted by molar-refractivity contribution is 5.81. The van der Waals surface area contributed by atoms with Gasteiger partial charge in [0, 0.05) is 19.7 Å². The third-order valence-corrected chi connectivity index (χ3v) is 1.66. The van der Waals surface area contributed by atoms with Crippen molar-refractivity contribution in [2.75, 3.05) is 32.8 Å². The zero-order valence-corrected chi connectivity index (χ0v) is 8.47. The Morgan fingerprint density at radius 3 is 3.08 bits per heavy atom. The zero-order chi connectivity index (χ0) is 9.52. The highest BCUT2D eigenvalue weighted by Gasteiger charge is 2.02. The smallest absolute Gasteiger partial charge is 0.191 e. The van der Waals surface area contributed by atoms with Gasteiger partial charge in [-0.3, -0.25) is 4.99 Å². The summed E-state index contributed by atoms with van der Waals surface area (Å²) in [5, 5.41) is 6.31. The molecule has 1 heterocycles. The first-order valence-corrected chi connectivity index (χ1v) is 4.89. The summed E-state index contributed by atoms with van der Waals surface area (Å²) in [6.45, 7) is 8.55. The molecule has 0 aliphatic carbocycles. The number of nitrogens with zero attached hydrogens (tertiary/aromatic N) is 1. The Morgan fingerprint density at radius 1 is 1.62 bits per heavy atom. The van der Waals surface area contributed by atoms with E-state index >= 15 is 0 Å². The van der Waals surface area contributed by atoms with E-state index in [4.69, 9.17) is 4.74 Å². The van der Waals surface area contributed by atoms with E-state index in [0.717, 1.165) is 38.8 Å². The van der Waals surface area contributed by atoms with Crippen molar-refractivity contribution in [1.82, 2.24) is 10.6 Å². The van der Waals surface area contributed by atoms with Crippen LogP contribution in [0.15, 0.2) is 4.99 Å². The maximum absolute atomic E-state index is 5.41. The van der Waals surface area contributed by atoms with Crippen LogP contribution in [0.5, 0.6) is 0 Å². The van der Waals surface area contributed by atoms with E-state index in [9.17, 15) is 0 Å². The fourth-order valence-electron chi connectivity index (χ4n) is 1.08. The zero-order valence-electron chi connectivity index (χ0n) is 8.47. The molecule has 1 rings (SSSR count). The molecule has 4 nitrogen and oxygen atoms in total. The van der Waals surface area contributed by atoms with Crippen LogP contribution >= 0.6 is 0 Å². The second-order valence-electron chi connectivity index (χ2n) is 3.55. The first-order chi connectivity index (χ1) is 6.29. The van der Waals surface area contributed by atoms with Gasteiger partial charge in [0.05, 0.1) is 13.2 Å². The minimum Gasteiger partial charge on any atom is -0.379 e. The van der Waals surface area contributed by atoms with E-state index in [1.807, 2.05) is 0 Å². The molecule has 1 aliphatic rings. The lowest BCUT2D eigenvalue weighted by atomic mass is 10.2. The van der Waals surface area contributed by atoms with Crippen LogP contribution in [-0.2, 0) is 4.74 Å². The van der Waals surface area contributed by atoms with Gasteiger partial charge in [0.2, 0.25) is 0 Å². The fourth-order valence-corrected chi connectivity index (χ4v) is 1.08. The molecule has 0 aromatic carbocycles. The molecule has 13 heavy (non-hydrogen) atoms. The van der Waals surface area contributed by atoms with Crippen molar-refractivity contribution < 1.29 is 4.74 Å². The standard InChI is InChI=1S/C9H19N3O/c1-8(2)7-13-6-5-12-9-10-3-4-11-9/h8H,3-7H2,1-2H3,(H2,10,11,12). The first kappa shape index (κ1) is 10.3. The summed E-state index contributed by atoms with van der Waals surface area (Å²) in [5.74, 6) is 1.52. The third kappa shape index (κ3) is 4.72. The molecule has 4 heteroatoms. The molecule has 0 bridgehead atoms. The number of hydrogen-bond donors (Lipinski definition) is 2. The Morgan fingerprint density at radius 2 is 2.46 bits per heavy atom. The largest absolute Gasteiger partial charge is 0.379 e. The summed E-state index contributed by atoms with van der Waals surface area (Å²) >= 11 is 0. The normalized spacial score (nSPS) is 15.8. The molecule has 0 aromatic heterocycles. The Kier molecular flexibility index (Phi) is 4.60. The van der Waals surface area contributed by atoms with Gasteiger partial charge in [0.1, 0.15) is 0 Å². The minimum atomic E-state index is 0.613. The van der Waals surface area contributed by atoms with Gasteiger partial charge in [-0.2, -0.15) is 0 Å². The highest BCUT2D eigenvalue weighted by atomic mass is 16.5. The molecule has 0 saturated carbocycles. The molecule has 0 unspecified atom stereocenters. The van der Waals surface area contributed by atoms with Crippen molar-refractivity contribution >= 4 is 5.96 Å². The van der Waals surface area contributed by atoms with E-state index in [1.54, 1.807) is 0 Å². The van der Waals surface area contributed by atoms with Crippen molar-refractivity contribution in [3.63, 3.8) is 0 Å². The van der Waals surface area contributed by atoms with Crippen molar-refractivity contribution in [2.24, 2.45) is 10.9 Å². The van der Waals surface area contributed by atoms with Crippen molar-refractivity contribution in [2.45, 2.75) is 13.8 Å². The van der Waals surface area contributed by atoms with E-state index in [1.165, 1.54) is 0 Å². The van der Waals surface area contributed by atoms with Crippen LogP contribution in [0.2, 0.25) is 0 Å². The Balaban J connectivity index is 1.89. The van der Waals surface area contributed by atoms with E-state index in [0.29, 0.717) is 5.92 Å². The molecule has 0 saturated heterocycles. The summed E-state index contributed by atoms with van der Waals surface area (Å²) in [6.07, 6.45) is 0. The van der Waals surface area contributed by atoms with Gasteiger partial charge >= 0.3 is 0 Å². The summed E-state index contributed by atoms with van der Waals surface area (Å²) in [7, 11) is 0. The molecular weight excluding hydrogens is 166 g/mol. The molecule has 1 aliphatic heterocycles. The minimum absolute atomic E-state index is 0.613. The number of guanidine groups is 1. The van der Waals surface area contributed by atoms with Gasteiger partial charge in [-0.25, -0.2) is 0 Å². The van der Waals surface area contributed by atoms with Crippen LogP contribution in [0.3, 0.4) is 0 Å². The van der Waals surface area contributed by atoms with Gasteiger partial charge in [-0.15, -0.1) is 0 Å². The van der Waals surface area contributed by atoms with Gasteiger partial charge in [-0.1, -0.05) is 13.8 Å². The molecule has 0 radical (unpaired) electrons. The first-order valence-electron chi connectivity index (χ1n) is 4.89. The maximum atomic E-state index is 5.41. The van der Waals surface area contributed by atoms with Crippen LogP contribution in [0.4, 0.5) is 0 Å². The van der Waals surface area contributed by atoms with Crippen LogP contribution in [0.25, 0.3) is 0 Å². The quantitative estimate of drug-likeness (QED) is 0.602. The van der Waals surface area contributed by atoms with Crippen molar-refractivity contribution in [1.29, 1.82) is 0 Å². The lowest BCUT2D eigenvalue weighted by molar-refractivity contribution is 0.114.